The van der Waals surface area contributed by atoms with Crippen LogP contribution in [0.4, 0.5) is 5.69 Å². The smallest absolute Gasteiger partial charge is 0.250 e. The molecular formula is C10H12N2O2S3. The first-order valence-electron chi connectivity index (χ1n) is 4.86. The molecule has 2 heterocycles. The largest absolute Gasteiger partial charge is 0.398 e. The van der Waals surface area contributed by atoms with E-state index in [0.29, 0.717) is 12.2 Å². The van der Waals surface area contributed by atoms with Gasteiger partial charge in [0.15, 0.2) is 0 Å². The van der Waals surface area contributed by atoms with Gasteiger partial charge in [0, 0.05) is 27.4 Å². The van der Waals surface area contributed by atoms with Crippen LogP contribution in [0.25, 0.3) is 0 Å². The van der Waals surface area contributed by atoms with Crippen LogP contribution in [0.2, 0.25) is 0 Å². The van der Waals surface area contributed by atoms with Crippen molar-refractivity contribution in [3.05, 3.63) is 33.3 Å². The molecule has 0 unspecified atom stereocenters. The first kappa shape index (κ1) is 12.6. The van der Waals surface area contributed by atoms with Crippen LogP contribution in [-0.2, 0) is 16.6 Å². The first-order chi connectivity index (χ1) is 7.97. The van der Waals surface area contributed by atoms with Crippen molar-refractivity contribution >= 4 is 38.4 Å². The van der Waals surface area contributed by atoms with Crippen molar-refractivity contribution in [3.63, 3.8) is 0 Å². The Kier molecular flexibility index (Phi) is 3.53. The molecule has 0 saturated carbocycles. The van der Waals surface area contributed by atoms with E-state index >= 15 is 0 Å². The molecule has 0 spiro atoms. The summed E-state index contributed by atoms with van der Waals surface area (Å²) in [6, 6.07) is 5.36. The van der Waals surface area contributed by atoms with Gasteiger partial charge >= 0.3 is 0 Å². The summed E-state index contributed by atoms with van der Waals surface area (Å²) in [5.74, 6) is 0. The van der Waals surface area contributed by atoms with E-state index in [1.807, 2.05) is 19.1 Å². The summed E-state index contributed by atoms with van der Waals surface area (Å²) in [6.45, 7) is 2.31. The molecule has 0 aliphatic rings. The standard InChI is InChI=1S/C10H12N2O2S3/c1-7-2-3-9(16-7)5-12-17(13,14)10-4-8(11)6-15-10/h2-4,6,12H,5,11H2,1H3. The molecule has 0 bridgehead atoms. The molecule has 2 aromatic rings. The normalized spacial score (nSPS) is 11.8. The molecule has 0 radical (unpaired) electrons. The Labute approximate surface area is 108 Å². The second-order valence-corrected chi connectivity index (χ2v) is 7.81. The Morgan fingerprint density at radius 3 is 2.71 bits per heavy atom. The van der Waals surface area contributed by atoms with Crippen molar-refractivity contribution in [1.82, 2.24) is 4.72 Å². The fourth-order valence-electron chi connectivity index (χ4n) is 1.29. The number of nitrogens with one attached hydrogen (secondary N) is 1. The van der Waals surface area contributed by atoms with Gasteiger partial charge in [-0.3, -0.25) is 0 Å². The van der Waals surface area contributed by atoms with Crippen LogP contribution >= 0.6 is 22.7 Å². The number of aryl methyl sites for hydroxylation is 1. The van der Waals surface area contributed by atoms with Gasteiger partial charge in [-0.25, -0.2) is 13.1 Å². The van der Waals surface area contributed by atoms with E-state index in [0.717, 1.165) is 16.2 Å². The summed E-state index contributed by atoms with van der Waals surface area (Å²) in [6.07, 6.45) is 0. The molecule has 0 atom stereocenters. The molecule has 92 valence electrons. The molecule has 2 aromatic heterocycles. The number of nitrogen functional groups attached to an aromatic ring is 1. The Morgan fingerprint density at radius 1 is 1.41 bits per heavy atom. The summed E-state index contributed by atoms with van der Waals surface area (Å²) in [5.41, 5.74) is 5.98. The van der Waals surface area contributed by atoms with E-state index < -0.39 is 10.0 Å². The molecule has 7 heteroatoms. The summed E-state index contributed by atoms with van der Waals surface area (Å²) >= 11 is 2.71. The lowest BCUT2D eigenvalue weighted by atomic mass is 10.4. The third-order valence-electron chi connectivity index (χ3n) is 2.09. The minimum atomic E-state index is -3.43. The number of nitrogens with two attached hydrogens (primary N) is 1. The van der Waals surface area contributed by atoms with Gasteiger partial charge < -0.3 is 5.73 Å². The van der Waals surface area contributed by atoms with Gasteiger partial charge in [0.2, 0.25) is 10.0 Å². The van der Waals surface area contributed by atoms with E-state index in [2.05, 4.69) is 4.72 Å². The monoisotopic (exact) mass is 288 g/mol. The zero-order valence-electron chi connectivity index (χ0n) is 9.14. The lowest BCUT2D eigenvalue weighted by Gasteiger charge is -2.02. The van der Waals surface area contributed by atoms with Crippen LogP contribution in [0.5, 0.6) is 0 Å². The number of thiophene rings is 2. The Morgan fingerprint density at radius 2 is 2.18 bits per heavy atom. The predicted molar refractivity (Wildman–Crippen MR) is 71.8 cm³/mol. The zero-order valence-corrected chi connectivity index (χ0v) is 11.6. The van der Waals surface area contributed by atoms with Gasteiger partial charge in [0.05, 0.1) is 0 Å². The molecule has 3 N–H and O–H groups in total. The maximum Gasteiger partial charge on any atom is 0.250 e. The Balaban J connectivity index is 2.08. The molecule has 0 amide bonds. The summed E-state index contributed by atoms with van der Waals surface area (Å²) < 4.78 is 26.6. The predicted octanol–water partition coefficient (Wildman–Crippen LogP) is 2.18. The van der Waals surface area contributed by atoms with Crippen molar-refractivity contribution in [2.75, 3.05) is 5.73 Å². The van der Waals surface area contributed by atoms with Crippen LogP contribution in [0, 0.1) is 6.92 Å². The fourth-order valence-corrected chi connectivity index (χ4v) is 4.34. The average Bonchev–Trinajstić information content (AvgIpc) is 2.85. The number of hydrogen-bond acceptors (Lipinski definition) is 5. The van der Waals surface area contributed by atoms with Gasteiger partial charge in [0.1, 0.15) is 4.21 Å². The summed E-state index contributed by atoms with van der Waals surface area (Å²) in [7, 11) is -3.43. The highest BCUT2D eigenvalue weighted by molar-refractivity contribution is 7.91. The third kappa shape index (κ3) is 3.06. The highest BCUT2D eigenvalue weighted by atomic mass is 32.2. The molecule has 0 aromatic carbocycles. The van der Waals surface area contributed by atoms with E-state index in [1.54, 1.807) is 16.7 Å². The van der Waals surface area contributed by atoms with Gasteiger partial charge in [-0.15, -0.1) is 22.7 Å². The molecule has 0 fully saturated rings. The topological polar surface area (TPSA) is 72.2 Å². The average molecular weight is 288 g/mol. The van der Waals surface area contributed by atoms with E-state index in [1.165, 1.54) is 10.9 Å². The quantitative estimate of drug-likeness (QED) is 0.905. The highest BCUT2D eigenvalue weighted by Gasteiger charge is 2.16. The number of sulfonamides is 1. The molecule has 0 aliphatic heterocycles. The van der Waals surface area contributed by atoms with Crippen LogP contribution in [0.1, 0.15) is 9.75 Å². The van der Waals surface area contributed by atoms with Crippen LogP contribution in [-0.4, -0.2) is 8.42 Å². The number of rotatable bonds is 4. The van der Waals surface area contributed by atoms with Gasteiger partial charge in [-0.05, 0) is 25.1 Å². The fraction of sp³-hybridized carbons (Fsp3) is 0.200. The van der Waals surface area contributed by atoms with Gasteiger partial charge in [-0.1, -0.05) is 0 Å². The third-order valence-corrected chi connectivity index (χ3v) is 5.95. The molecule has 0 aliphatic carbocycles. The van der Waals surface area contributed by atoms with Crippen molar-refractivity contribution in [3.8, 4) is 0 Å². The first-order valence-corrected chi connectivity index (χ1v) is 8.04. The SMILES string of the molecule is Cc1ccc(CNS(=O)(=O)c2cc(N)cs2)s1. The van der Waals surface area contributed by atoms with Crippen molar-refractivity contribution in [2.45, 2.75) is 17.7 Å². The van der Waals surface area contributed by atoms with Crippen molar-refractivity contribution < 1.29 is 8.42 Å². The number of hydrogen-bond donors (Lipinski definition) is 2. The zero-order chi connectivity index (χ0) is 12.5. The van der Waals surface area contributed by atoms with Gasteiger partial charge in [0.25, 0.3) is 0 Å². The van der Waals surface area contributed by atoms with Crippen molar-refractivity contribution in [2.24, 2.45) is 0 Å². The minimum absolute atomic E-state index is 0.253. The van der Waals surface area contributed by atoms with E-state index in [-0.39, 0.29) is 4.21 Å². The maximum absolute atomic E-state index is 11.9. The minimum Gasteiger partial charge on any atom is -0.398 e. The van der Waals surface area contributed by atoms with Crippen LogP contribution in [0.15, 0.2) is 27.8 Å². The number of anilines is 1. The van der Waals surface area contributed by atoms with E-state index in [4.69, 9.17) is 5.73 Å². The molecule has 0 saturated heterocycles. The van der Waals surface area contributed by atoms with E-state index in [9.17, 15) is 8.42 Å². The van der Waals surface area contributed by atoms with Crippen LogP contribution in [0.3, 0.4) is 0 Å². The lowest BCUT2D eigenvalue weighted by Crippen LogP contribution is -2.21. The molecular weight excluding hydrogens is 276 g/mol. The molecule has 17 heavy (non-hydrogen) atoms. The maximum atomic E-state index is 11.9. The summed E-state index contributed by atoms with van der Waals surface area (Å²) in [4.78, 5) is 2.16. The second kappa shape index (κ2) is 4.77. The lowest BCUT2D eigenvalue weighted by molar-refractivity contribution is 0.584. The Hall–Kier alpha value is -0.890. The Bertz CT molecular complexity index is 613. The van der Waals surface area contributed by atoms with Gasteiger partial charge in [-0.2, -0.15) is 0 Å². The van der Waals surface area contributed by atoms with Crippen LogP contribution < -0.4 is 10.5 Å². The molecule has 4 nitrogen and oxygen atoms in total. The highest BCUT2D eigenvalue weighted by Crippen LogP contribution is 2.22. The second-order valence-electron chi connectivity index (χ2n) is 3.54. The van der Waals surface area contributed by atoms with Crippen molar-refractivity contribution in [1.29, 1.82) is 0 Å². The molecule has 2 rings (SSSR count). The summed E-state index contributed by atoms with van der Waals surface area (Å²) in [5, 5.41) is 1.61.